The maximum absolute atomic E-state index is 13.1. The molecule has 2 fully saturated rings. The average molecular weight is 450 g/mol. The van der Waals surface area contributed by atoms with Gasteiger partial charge in [0.15, 0.2) is 0 Å². The minimum atomic E-state index is -3.40. The summed E-state index contributed by atoms with van der Waals surface area (Å²) in [4.78, 5) is 29.3. The van der Waals surface area contributed by atoms with Crippen molar-refractivity contribution in [1.29, 1.82) is 0 Å². The van der Waals surface area contributed by atoms with Crippen LogP contribution in [0.25, 0.3) is 0 Å². The van der Waals surface area contributed by atoms with Gasteiger partial charge in [-0.25, -0.2) is 8.42 Å². The molecule has 2 aliphatic heterocycles. The number of amides is 2. The van der Waals surface area contributed by atoms with Crippen LogP contribution in [0.4, 0.5) is 0 Å². The molecule has 7 nitrogen and oxygen atoms in total. The van der Waals surface area contributed by atoms with Crippen LogP contribution in [-0.4, -0.2) is 78.9 Å². The van der Waals surface area contributed by atoms with Gasteiger partial charge in [0.2, 0.25) is 21.8 Å². The molecule has 1 aromatic carbocycles. The monoisotopic (exact) mass is 449 g/mol. The van der Waals surface area contributed by atoms with Crippen molar-refractivity contribution in [3.8, 4) is 0 Å². The number of hydrogen-bond acceptors (Lipinski definition) is 4. The Morgan fingerprint density at radius 1 is 0.968 bits per heavy atom. The quantitative estimate of drug-likeness (QED) is 0.610. The van der Waals surface area contributed by atoms with Crippen molar-refractivity contribution in [1.82, 2.24) is 14.1 Å². The number of benzene rings is 1. The number of nitrogens with zero attached hydrogens (tertiary/aromatic N) is 3. The lowest BCUT2D eigenvalue weighted by molar-refractivity contribution is -0.142. The normalized spacial score (nSPS) is 20.6. The van der Waals surface area contributed by atoms with Gasteiger partial charge in [-0.2, -0.15) is 4.31 Å². The Kier molecular flexibility index (Phi) is 8.49. The molecule has 172 valence electrons. The van der Waals surface area contributed by atoms with Gasteiger partial charge in [0.05, 0.1) is 5.75 Å². The van der Waals surface area contributed by atoms with Gasteiger partial charge in [0.25, 0.3) is 0 Å². The van der Waals surface area contributed by atoms with Gasteiger partial charge in [0.1, 0.15) is 6.04 Å². The van der Waals surface area contributed by atoms with E-state index in [1.54, 1.807) is 4.90 Å². The van der Waals surface area contributed by atoms with Crippen LogP contribution in [0.15, 0.2) is 30.3 Å². The molecular formula is C23H35N3O4S. The number of carbonyl (C=O) groups is 2. The zero-order chi connectivity index (χ0) is 22.3. The largest absolute Gasteiger partial charge is 0.339 e. The number of piperidine rings is 1. The third-order valence-corrected chi connectivity index (χ3v) is 8.28. The summed E-state index contributed by atoms with van der Waals surface area (Å²) >= 11 is 0. The Hall–Kier alpha value is -1.93. The molecule has 1 atom stereocenters. The van der Waals surface area contributed by atoms with Crippen LogP contribution in [0.3, 0.4) is 0 Å². The van der Waals surface area contributed by atoms with Crippen LogP contribution in [0.2, 0.25) is 0 Å². The molecule has 1 unspecified atom stereocenters. The third-order valence-electron chi connectivity index (χ3n) is 6.20. The smallest absolute Gasteiger partial charge is 0.241 e. The van der Waals surface area contributed by atoms with E-state index >= 15 is 0 Å². The van der Waals surface area contributed by atoms with Gasteiger partial charge in [-0.05, 0) is 37.7 Å². The van der Waals surface area contributed by atoms with Gasteiger partial charge >= 0.3 is 0 Å². The van der Waals surface area contributed by atoms with Crippen LogP contribution in [0.5, 0.6) is 0 Å². The van der Waals surface area contributed by atoms with Crippen molar-refractivity contribution in [2.45, 2.75) is 57.9 Å². The van der Waals surface area contributed by atoms with E-state index in [0.717, 1.165) is 25.7 Å². The first-order valence-electron chi connectivity index (χ1n) is 11.5. The molecule has 0 saturated carbocycles. The molecule has 2 saturated heterocycles. The molecule has 2 heterocycles. The predicted octanol–water partition coefficient (Wildman–Crippen LogP) is 2.27. The average Bonchev–Trinajstić information content (AvgIpc) is 2.79. The number of sulfonamides is 1. The maximum atomic E-state index is 13.1. The first kappa shape index (κ1) is 23.7. The zero-order valence-corrected chi connectivity index (χ0v) is 19.4. The van der Waals surface area contributed by atoms with Crippen LogP contribution in [0.1, 0.15) is 51.0 Å². The molecule has 3 rings (SSSR count). The van der Waals surface area contributed by atoms with E-state index in [1.165, 1.54) is 9.87 Å². The van der Waals surface area contributed by atoms with E-state index in [9.17, 15) is 18.0 Å². The summed E-state index contributed by atoms with van der Waals surface area (Å²) in [5, 5.41) is 0. The van der Waals surface area contributed by atoms with Gasteiger partial charge in [-0.3, -0.25) is 9.59 Å². The Labute approximate surface area is 186 Å². The second kappa shape index (κ2) is 11.1. The van der Waals surface area contributed by atoms with Gasteiger partial charge in [0, 0.05) is 39.1 Å². The fourth-order valence-corrected chi connectivity index (χ4v) is 6.23. The van der Waals surface area contributed by atoms with E-state index in [0.29, 0.717) is 52.0 Å². The molecule has 0 aromatic heterocycles. The molecule has 0 spiro atoms. The minimum absolute atomic E-state index is 0.0854. The Balaban J connectivity index is 1.49. The number of rotatable bonds is 8. The first-order valence-corrected chi connectivity index (χ1v) is 13.1. The van der Waals surface area contributed by atoms with Crippen molar-refractivity contribution < 1.29 is 18.0 Å². The third kappa shape index (κ3) is 6.29. The second-order valence-corrected chi connectivity index (χ2v) is 10.5. The standard InChI is InChI=1S/C23H35N3O4S/c1-2-19-31(29,30)26-14-7-6-12-21(26)23(28)25-17-15-24(16-18-25)22(27)13-8-11-20-9-4-3-5-10-20/h3-5,9-10,21H,2,6-8,11-19H2,1H3. The molecule has 1 aromatic rings. The fourth-order valence-electron chi connectivity index (χ4n) is 4.49. The molecule has 31 heavy (non-hydrogen) atoms. The Bertz CT molecular complexity index is 836. The van der Waals surface area contributed by atoms with E-state index in [1.807, 2.05) is 30.0 Å². The summed E-state index contributed by atoms with van der Waals surface area (Å²) in [5.41, 5.74) is 1.24. The van der Waals surface area contributed by atoms with Crippen LogP contribution in [0, 0.1) is 0 Å². The SMILES string of the molecule is CCCS(=O)(=O)N1CCCCC1C(=O)N1CCN(C(=O)CCCc2ccccc2)CC1. The van der Waals surface area contributed by atoms with Gasteiger partial charge in [-0.15, -0.1) is 0 Å². The molecule has 0 bridgehead atoms. The second-order valence-electron chi connectivity index (χ2n) is 8.48. The predicted molar refractivity (Wildman–Crippen MR) is 121 cm³/mol. The number of carbonyl (C=O) groups excluding carboxylic acids is 2. The maximum Gasteiger partial charge on any atom is 0.241 e. The molecule has 8 heteroatoms. The Morgan fingerprint density at radius 3 is 2.32 bits per heavy atom. The Morgan fingerprint density at radius 2 is 1.65 bits per heavy atom. The summed E-state index contributed by atoms with van der Waals surface area (Å²) in [6.07, 6.45) is 5.01. The molecule has 0 radical (unpaired) electrons. The number of hydrogen-bond donors (Lipinski definition) is 0. The van der Waals surface area contributed by atoms with Crippen molar-refractivity contribution in [2.24, 2.45) is 0 Å². The van der Waals surface area contributed by atoms with Gasteiger partial charge < -0.3 is 9.80 Å². The molecule has 0 aliphatic carbocycles. The lowest BCUT2D eigenvalue weighted by Crippen LogP contribution is -2.57. The van der Waals surface area contributed by atoms with Crippen molar-refractivity contribution in [2.75, 3.05) is 38.5 Å². The fraction of sp³-hybridized carbons (Fsp3) is 0.652. The first-order chi connectivity index (χ1) is 14.9. The summed E-state index contributed by atoms with van der Waals surface area (Å²) < 4.78 is 26.7. The highest BCUT2D eigenvalue weighted by Crippen LogP contribution is 2.23. The molecule has 2 aliphatic rings. The number of piperazine rings is 1. The van der Waals surface area contributed by atoms with Crippen LogP contribution >= 0.6 is 0 Å². The molecule has 2 amide bonds. The highest BCUT2D eigenvalue weighted by molar-refractivity contribution is 7.89. The summed E-state index contributed by atoms with van der Waals surface area (Å²) in [7, 11) is -3.40. The summed E-state index contributed by atoms with van der Waals surface area (Å²) in [6.45, 7) is 4.25. The van der Waals surface area contributed by atoms with Gasteiger partial charge in [-0.1, -0.05) is 43.7 Å². The lowest BCUT2D eigenvalue weighted by atomic mass is 10.0. The van der Waals surface area contributed by atoms with Crippen molar-refractivity contribution >= 4 is 21.8 Å². The highest BCUT2D eigenvalue weighted by Gasteiger charge is 2.39. The van der Waals surface area contributed by atoms with Crippen molar-refractivity contribution in [3.05, 3.63) is 35.9 Å². The van der Waals surface area contributed by atoms with E-state index in [2.05, 4.69) is 12.1 Å². The van der Waals surface area contributed by atoms with E-state index in [-0.39, 0.29) is 17.6 Å². The van der Waals surface area contributed by atoms with E-state index in [4.69, 9.17) is 0 Å². The minimum Gasteiger partial charge on any atom is -0.339 e. The molecule has 0 N–H and O–H groups in total. The van der Waals surface area contributed by atoms with Crippen molar-refractivity contribution in [3.63, 3.8) is 0 Å². The van der Waals surface area contributed by atoms with Crippen LogP contribution < -0.4 is 0 Å². The number of aryl methyl sites for hydroxylation is 1. The highest BCUT2D eigenvalue weighted by atomic mass is 32.2. The summed E-state index contributed by atoms with van der Waals surface area (Å²) in [6, 6.07) is 9.57. The lowest BCUT2D eigenvalue weighted by Gasteiger charge is -2.40. The van der Waals surface area contributed by atoms with E-state index < -0.39 is 16.1 Å². The zero-order valence-electron chi connectivity index (χ0n) is 18.5. The topological polar surface area (TPSA) is 78.0 Å². The summed E-state index contributed by atoms with van der Waals surface area (Å²) in [5.74, 6) is 0.116. The molecular weight excluding hydrogens is 414 g/mol. The van der Waals surface area contributed by atoms with Crippen LogP contribution in [-0.2, 0) is 26.0 Å².